The Labute approximate surface area is 115 Å². The van der Waals surface area contributed by atoms with Crippen molar-refractivity contribution in [3.8, 4) is 0 Å². The first-order valence-corrected chi connectivity index (χ1v) is 7.26. The van der Waals surface area contributed by atoms with E-state index >= 15 is 0 Å². The van der Waals surface area contributed by atoms with Crippen molar-refractivity contribution >= 4 is 11.6 Å². The molecule has 2 N–H and O–H groups in total. The molecule has 0 aromatic carbocycles. The molecule has 0 amide bonds. The molecule has 1 fully saturated rings. The number of nitrogens with zero attached hydrogens (tertiary/aromatic N) is 4. The lowest BCUT2D eigenvalue weighted by Gasteiger charge is -2.27. The van der Waals surface area contributed by atoms with Crippen LogP contribution in [-0.2, 0) is 0 Å². The van der Waals surface area contributed by atoms with Gasteiger partial charge in [0.1, 0.15) is 17.5 Å². The number of aryl methyl sites for hydroxylation is 1. The standard InChI is InChI=1S/C14H25N5/c1-4-18(5-2)13-9-14(17-11(3)16-13)19-8-6-7-12(19)10-15/h9,12H,4-8,10,15H2,1-3H3. The molecule has 1 aliphatic rings. The van der Waals surface area contributed by atoms with Gasteiger partial charge < -0.3 is 15.5 Å². The van der Waals surface area contributed by atoms with E-state index in [1.165, 1.54) is 12.8 Å². The van der Waals surface area contributed by atoms with Crippen molar-refractivity contribution < 1.29 is 0 Å². The summed E-state index contributed by atoms with van der Waals surface area (Å²) in [4.78, 5) is 13.7. The molecule has 19 heavy (non-hydrogen) atoms. The lowest BCUT2D eigenvalue weighted by Crippen LogP contribution is -2.36. The summed E-state index contributed by atoms with van der Waals surface area (Å²) in [5, 5.41) is 0. The van der Waals surface area contributed by atoms with Gasteiger partial charge in [-0.15, -0.1) is 0 Å². The molecule has 5 nitrogen and oxygen atoms in total. The smallest absolute Gasteiger partial charge is 0.134 e. The third-order valence-electron chi connectivity index (χ3n) is 3.84. The molecule has 1 unspecified atom stereocenters. The Balaban J connectivity index is 2.30. The van der Waals surface area contributed by atoms with Crippen LogP contribution in [0.15, 0.2) is 6.07 Å². The van der Waals surface area contributed by atoms with E-state index in [2.05, 4.69) is 39.7 Å². The molecule has 1 aliphatic heterocycles. The molecule has 2 rings (SSSR count). The molecule has 1 atom stereocenters. The zero-order chi connectivity index (χ0) is 13.8. The molecule has 0 radical (unpaired) electrons. The summed E-state index contributed by atoms with van der Waals surface area (Å²) in [6, 6.07) is 2.53. The van der Waals surface area contributed by atoms with Crippen molar-refractivity contribution in [2.75, 3.05) is 36.0 Å². The van der Waals surface area contributed by atoms with Crippen LogP contribution in [0.2, 0.25) is 0 Å². The van der Waals surface area contributed by atoms with Gasteiger partial charge in [-0.25, -0.2) is 9.97 Å². The van der Waals surface area contributed by atoms with Crippen LogP contribution in [0.5, 0.6) is 0 Å². The minimum atomic E-state index is 0.429. The summed E-state index contributed by atoms with van der Waals surface area (Å²) in [7, 11) is 0. The van der Waals surface area contributed by atoms with Crippen LogP contribution in [0.1, 0.15) is 32.5 Å². The van der Waals surface area contributed by atoms with E-state index in [0.717, 1.165) is 37.1 Å². The second-order valence-corrected chi connectivity index (χ2v) is 5.03. The number of hydrogen-bond donors (Lipinski definition) is 1. The first kappa shape index (κ1) is 14.1. The average molecular weight is 263 g/mol. The fraction of sp³-hybridized carbons (Fsp3) is 0.714. The number of aromatic nitrogens is 2. The summed E-state index contributed by atoms with van der Waals surface area (Å²) in [5.41, 5.74) is 5.85. The maximum atomic E-state index is 5.85. The summed E-state index contributed by atoms with van der Waals surface area (Å²) >= 11 is 0. The van der Waals surface area contributed by atoms with Gasteiger partial charge in [0.15, 0.2) is 0 Å². The van der Waals surface area contributed by atoms with E-state index in [9.17, 15) is 0 Å². The molecule has 1 saturated heterocycles. The Morgan fingerprint density at radius 2 is 2.11 bits per heavy atom. The number of rotatable bonds is 5. The van der Waals surface area contributed by atoms with Gasteiger partial charge in [0.2, 0.25) is 0 Å². The maximum absolute atomic E-state index is 5.85. The average Bonchev–Trinajstić information content (AvgIpc) is 2.88. The normalized spacial score (nSPS) is 18.9. The van der Waals surface area contributed by atoms with Gasteiger partial charge >= 0.3 is 0 Å². The third-order valence-corrected chi connectivity index (χ3v) is 3.84. The van der Waals surface area contributed by atoms with Crippen molar-refractivity contribution in [1.29, 1.82) is 0 Å². The maximum Gasteiger partial charge on any atom is 0.134 e. The van der Waals surface area contributed by atoms with Crippen LogP contribution in [0.3, 0.4) is 0 Å². The highest BCUT2D eigenvalue weighted by Gasteiger charge is 2.25. The van der Waals surface area contributed by atoms with Crippen LogP contribution >= 0.6 is 0 Å². The van der Waals surface area contributed by atoms with Gasteiger partial charge in [-0.05, 0) is 33.6 Å². The molecule has 2 heterocycles. The molecule has 1 aromatic rings. The van der Waals surface area contributed by atoms with Gasteiger partial charge in [-0.2, -0.15) is 0 Å². The second-order valence-electron chi connectivity index (χ2n) is 5.03. The topological polar surface area (TPSA) is 58.3 Å². The first-order valence-electron chi connectivity index (χ1n) is 7.26. The predicted molar refractivity (Wildman–Crippen MR) is 79.8 cm³/mol. The van der Waals surface area contributed by atoms with Gasteiger partial charge in [-0.1, -0.05) is 0 Å². The van der Waals surface area contributed by atoms with E-state index in [-0.39, 0.29) is 0 Å². The predicted octanol–water partition coefficient (Wildman–Crippen LogP) is 1.56. The SMILES string of the molecule is CCN(CC)c1cc(N2CCCC2CN)nc(C)n1. The van der Waals surface area contributed by atoms with Gasteiger partial charge in [0.05, 0.1) is 0 Å². The second kappa shape index (κ2) is 6.19. The summed E-state index contributed by atoms with van der Waals surface area (Å²) < 4.78 is 0. The molecular weight excluding hydrogens is 238 g/mol. The Morgan fingerprint density at radius 3 is 2.74 bits per heavy atom. The number of nitrogens with two attached hydrogens (primary N) is 1. The molecular formula is C14H25N5. The Bertz CT molecular complexity index is 416. The minimum Gasteiger partial charge on any atom is -0.357 e. The molecule has 0 aliphatic carbocycles. The molecule has 0 bridgehead atoms. The van der Waals surface area contributed by atoms with Crippen LogP contribution in [0.25, 0.3) is 0 Å². The Hall–Kier alpha value is -1.36. The van der Waals surface area contributed by atoms with E-state index in [0.29, 0.717) is 12.6 Å². The first-order chi connectivity index (χ1) is 9.19. The monoisotopic (exact) mass is 263 g/mol. The van der Waals surface area contributed by atoms with E-state index < -0.39 is 0 Å². The van der Waals surface area contributed by atoms with Gasteiger partial charge in [-0.3, -0.25) is 0 Å². The molecule has 0 saturated carbocycles. The zero-order valence-electron chi connectivity index (χ0n) is 12.3. The van der Waals surface area contributed by atoms with Crippen LogP contribution in [-0.4, -0.2) is 42.2 Å². The van der Waals surface area contributed by atoms with E-state index in [1.807, 2.05) is 6.92 Å². The summed E-state index contributed by atoms with van der Waals surface area (Å²) in [6.07, 6.45) is 2.37. The summed E-state index contributed by atoms with van der Waals surface area (Å²) in [5.74, 6) is 2.89. The van der Waals surface area contributed by atoms with Crippen molar-refractivity contribution in [2.45, 2.75) is 39.7 Å². The zero-order valence-corrected chi connectivity index (χ0v) is 12.3. The number of hydrogen-bond acceptors (Lipinski definition) is 5. The largest absolute Gasteiger partial charge is 0.357 e. The summed E-state index contributed by atoms with van der Waals surface area (Å²) in [6.45, 7) is 9.95. The fourth-order valence-corrected chi connectivity index (χ4v) is 2.78. The Morgan fingerprint density at radius 1 is 1.37 bits per heavy atom. The molecule has 1 aromatic heterocycles. The van der Waals surface area contributed by atoms with Crippen LogP contribution in [0, 0.1) is 6.92 Å². The van der Waals surface area contributed by atoms with Crippen molar-refractivity contribution in [3.63, 3.8) is 0 Å². The highest BCUT2D eigenvalue weighted by atomic mass is 15.3. The Kier molecular flexibility index (Phi) is 4.58. The quantitative estimate of drug-likeness (QED) is 0.873. The van der Waals surface area contributed by atoms with Gasteiger partial charge in [0, 0.05) is 38.3 Å². The van der Waals surface area contributed by atoms with Gasteiger partial charge in [0.25, 0.3) is 0 Å². The fourth-order valence-electron chi connectivity index (χ4n) is 2.78. The van der Waals surface area contributed by atoms with Crippen LogP contribution in [0.4, 0.5) is 11.6 Å². The third kappa shape index (κ3) is 2.97. The van der Waals surface area contributed by atoms with E-state index in [1.54, 1.807) is 0 Å². The van der Waals surface area contributed by atoms with Crippen molar-refractivity contribution in [2.24, 2.45) is 5.73 Å². The van der Waals surface area contributed by atoms with Crippen molar-refractivity contribution in [3.05, 3.63) is 11.9 Å². The molecule has 5 heteroatoms. The molecule has 106 valence electrons. The highest BCUT2D eigenvalue weighted by Crippen LogP contribution is 2.26. The lowest BCUT2D eigenvalue weighted by molar-refractivity contribution is 0.669. The minimum absolute atomic E-state index is 0.429. The van der Waals surface area contributed by atoms with E-state index in [4.69, 9.17) is 5.73 Å². The van der Waals surface area contributed by atoms with Crippen LogP contribution < -0.4 is 15.5 Å². The lowest BCUT2D eigenvalue weighted by atomic mass is 10.2. The van der Waals surface area contributed by atoms with Crippen molar-refractivity contribution in [1.82, 2.24) is 9.97 Å². The molecule has 0 spiro atoms. The number of anilines is 2. The highest BCUT2D eigenvalue weighted by molar-refractivity contribution is 5.52.